The highest BCUT2D eigenvalue weighted by Gasteiger charge is 2.20. The van der Waals surface area contributed by atoms with Gasteiger partial charge < -0.3 is 10.2 Å². The molecule has 1 aromatic carbocycles. The minimum atomic E-state index is -0.121. The summed E-state index contributed by atoms with van der Waals surface area (Å²) >= 11 is 0. The molecule has 1 fully saturated rings. The zero-order chi connectivity index (χ0) is 17.9. The summed E-state index contributed by atoms with van der Waals surface area (Å²) < 4.78 is 0. The van der Waals surface area contributed by atoms with Crippen molar-refractivity contribution in [1.82, 2.24) is 15.2 Å². The summed E-state index contributed by atoms with van der Waals surface area (Å²) in [6.45, 7) is 1.92. The number of hydrogen-bond donors (Lipinski definition) is 2. The zero-order valence-electron chi connectivity index (χ0n) is 14.4. The van der Waals surface area contributed by atoms with E-state index in [2.05, 4.69) is 15.3 Å². The Hall–Kier alpha value is -3.15. The van der Waals surface area contributed by atoms with Gasteiger partial charge in [-0.1, -0.05) is 24.3 Å². The Morgan fingerprint density at radius 3 is 2.96 bits per heavy atom. The number of aromatic amines is 2. The summed E-state index contributed by atoms with van der Waals surface area (Å²) in [5.74, 6) is 0.101. The summed E-state index contributed by atoms with van der Waals surface area (Å²) in [7, 11) is 0. The smallest absolute Gasteiger partial charge is 0.284 e. The number of nitrogens with one attached hydrogen (secondary N) is 3. The van der Waals surface area contributed by atoms with Crippen LogP contribution in [-0.2, 0) is 17.9 Å². The number of carbonyl (C=O) groups excluding carboxylic acids is 2. The summed E-state index contributed by atoms with van der Waals surface area (Å²) in [4.78, 5) is 32.2. The second-order valence-corrected chi connectivity index (χ2v) is 6.62. The fraction of sp³-hybridized carbons (Fsp3) is 0.250. The van der Waals surface area contributed by atoms with Crippen molar-refractivity contribution in [3.8, 4) is 0 Å². The second-order valence-electron chi connectivity index (χ2n) is 6.62. The van der Waals surface area contributed by atoms with Crippen molar-refractivity contribution < 1.29 is 14.6 Å². The molecule has 0 radical (unpaired) electrons. The molecule has 3 aromatic rings. The van der Waals surface area contributed by atoms with Crippen LogP contribution in [0.2, 0.25) is 0 Å². The van der Waals surface area contributed by atoms with Gasteiger partial charge in [0.1, 0.15) is 6.20 Å². The number of amides is 2. The fourth-order valence-electron chi connectivity index (χ4n) is 3.33. The van der Waals surface area contributed by atoms with E-state index in [-0.39, 0.29) is 11.8 Å². The van der Waals surface area contributed by atoms with Crippen molar-refractivity contribution in [2.45, 2.75) is 25.9 Å². The predicted molar refractivity (Wildman–Crippen MR) is 97.1 cm³/mol. The van der Waals surface area contributed by atoms with Crippen LogP contribution in [0, 0.1) is 0 Å². The quantitative estimate of drug-likeness (QED) is 0.739. The predicted octanol–water partition coefficient (Wildman–Crippen LogP) is 2.03. The van der Waals surface area contributed by atoms with Crippen molar-refractivity contribution in [3.05, 3.63) is 65.5 Å². The number of carbonyl (C=O) groups is 2. The van der Waals surface area contributed by atoms with Gasteiger partial charge in [-0.3, -0.25) is 9.59 Å². The molecule has 6 heteroatoms. The summed E-state index contributed by atoms with van der Waals surface area (Å²) in [6.07, 6.45) is 5.12. The number of aromatic nitrogens is 2. The van der Waals surface area contributed by atoms with Gasteiger partial charge >= 0.3 is 0 Å². The zero-order valence-corrected chi connectivity index (χ0v) is 14.4. The van der Waals surface area contributed by atoms with Gasteiger partial charge in [0.25, 0.3) is 11.6 Å². The van der Waals surface area contributed by atoms with Gasteiger partial charge in [-0.05, 0) is 29.7 Å². The summed E-state index contributed by atoms with van der Waals surface area (Å²) in [5.41, 5.74) is 3.60. The number of rotatable bonds is 5. The molecule has 4 rings (SSSR count). The maximum absolute atomic E-state index is 12.4. The van der Waals surface area contributed by atoms with E-state index in [1.165, 1.54) is 0 Å². The monoisotopic (exact) mass is 349 g/mol. The van der Waals surface area contributed by atoms with Gasteiger partial charge in [0, 0.05) is 26.1 Å². The van der Waals surface area contributed by atoms with Crippen LogP contribution in [0.3, 0.4) is 0 Å². The number of nitrogens with zero attached hydrogens (tertiary/aromatic N) is 1. The molecule has 2 aromatic heterocycles. The lowest BCUT2D eigenvalue weighted by molar-refractivity contribution is -0.347. The van der Waals surface area contributed by atoms with E-state index >= 15 is 0 Å². The molecule has 0 aliphatic carbocycles. The first kappa shape index (κ1) is 16.3. The van der Waals surface area contributed by atoms with E-state index in [1.54, 1.807) is 6.20 Å². The lowest BCUT2D eigenvalue weighted by Crippen LogP contribution is -2.25. The van der Waals surface area contributed by atoms with Crippen LogP contribution in [0.25, 0.3) is 11.0 Å². The largest absolute Gasteiger partial charge is 0.348 e. The van der Waals surface area contributed by atoms with E-state index in [0.29, 0.717) is 25.1 Å². The molecular weight excluding hydrogens is 328 g/mol. The van der Waals surface area contributed by atoms with Crippen LogP contribution >= 0.6 is 0 Å². The first-order valence-electron chi connectivity index (χ1n) is 8.82. The Kier molecular flexibility index (Phi) is 4.39. The fourth-order valence-corrected chi connectivity index (χ4v) is 3.33. The molecule has 3 heterocycles. The van der Waals surface area contributed by atoms with Crippen LogP contribution in [0.5, 0.6) is 0 Å². The number of pyridine rings is 1. The lowest BCUT2D eigenvalue weighted by atomic mass is 10.1. The second kappa shape index (κ2) is 7.00. The van der Waals surface area contributed by atoms with Gasteiger partial charge in [0.2, 0.25) is 5.91 Å². The Morgan fingerprint density at radius 1 is 1.23 bits per heavy atom. The third-order valence-electron chi connectivity index (χ3n) is 4.71. The van der Waals surface area contributed by atoms with E-state index in [4.69, 9.17) is 0 Å². The van der Waals surface area contributed by atoms with Gasteiger partial charge in [-0.2, -0.15) is 0 Å². The molecule has 3 N–H and O–H groups in total. The number of hydrogen-bond acceptors (Lipinski definition) is 2. The molecule has 2 amide bonds. The first-order chi connectivity index (χ1) is 12.7. The highest BCUT2D eigenvalue weighted by molar-refractivity contribution is 5.96. The van der Waals surface area contributed by atoms with Crippen LogP contribution in [-0.4, -0.2) is 28.2 Å². The van der Waals surface area contributed by atoms with Crippen molar-refractivity contribution in [2.24, 2.45) is 0 Å². The molecule has 0 bridgehead atoms. The van der Waals surface area contributed by atoms with E-state index in [9.17, 15) is 9.59 Å². The first-order valence-corrected chi connectivity index (χ1v) is 8.82. The topological polar surface area (TPSA) is 79.3 Å². The minimum Gasteiger partial charge on any atom is -0.348 e. The molecular formula is C20H21N4O2+. The molecule has 1 saturated heterocycles. The number of fused-ring (bicyclic) bond motifs is 1. The molecule has 0 atom stereocenters. The SMILES string of the molecule is O=C(NCc1cccc(CN2CCCC2=O)c1)c1c[nH+]c2[nH]ccc2c1. The Labute approximate surface area is 151 Å². The highest BCUT2D eigenvalue weighted by Crippen LogP contribution is 2.15. The highest BCUT2D eigenvalue weighted by atomic mass is 16.2. The third kappa shape index (κ3) is 3.44. The Balaban J connectivity index is 1.40. The van der Waals surface area contributed by atoms with Crippen molar-refractivity contribution in [3.63, 3.8) is 0 Å². The average molecular weight is 349 g/mol. The van der Waals surface area contributed by atoms with Gasteiger partial charge in [0.15, 0.2) is 0 Å². The average Bonchev–Trinajstić information content (AvgIpc) is 3.28. The van der Waals surface area contributed by atoms with Crippen LogP contribution in [0.1, 0.15) is 34.3 Å². The van der Waals surface area contributed by atoms with E-state index in [1.807, 2.05) is 47.5 Å². The van der Waals surface area contributed by atoms with E-state index in [0.717, 1.165) is 35.1 Å². The Bertz CT molecular complexity index is 963. The van der Waals surface area contributed by atoms with Crippen molar-refractivity contribution in [2.75, 3.05) is 6.54 Å². The number of benzene rings is 1. The molecule has 26 heavy (non-hydrogen) atoms. The van der Waals surface area contributed by atoms with Crippen molar-refractivity contribution >= 4 is 22.8 Å². The standard InChI is InChI=1S/C20H20N4O2/c25-18-5-2-8-24(18)13-15-4-1-3-14(9-15)11-23-20(26)17-10-16-6-7-21-19(16)22-12-17/h1,3-4,6-7,9-10,12H,2,5,8,11,13H2,(H,21,22)(H,23,26)/p+1. The normalized spacial score (nSPS) is 14.2. The van der Waals surface area contributed by atoms with Crippen molar-refractivity contribution in [1.29, 1.82) is 0 Å². The molecule has 1 aliphatic rings. The third-order valence-corrected chi connectivity index (χ3v) is 4.71. The van der Waals surface area contributed by atoms with Crippen LogP contribution < -0.4 is 10.3 Å². The maximum atomic E-state index is 12.4. The minimum absolute atomic E-state index is 0.121. The maximum Gasteiger partial charge on any atom is 0.284 e. The summed E-state index contributed by atoms with van der Waals surface area (Å²) in [5, 5.41) is 3.92. The number of H-pyrrole nitrogens is 2. The lowest BCUT2D eigenvalue weighted by Gasteiger charge is -2.16. The van der Waals surface area contributed by atoms with E-state index < -0.39 is 0 Å². The molecule has 0 saturated carbocycles. The number of likely N-dealkylation sites (tertiary alicyclic amines) is 1. The Morgan fingerprint density at radius 2 is 2.12 bits per heavy atom. The molecule has 6 nitrogen and oxygen atoms in total. The molecule has 0 unspecified atom stereocenters. The summed E-state index contributed by atoms with van der Waals surface area (Å²) in [6, 6.07) is 11.8. The van der Waals surface area contributed by atoms with Gasteiger partial charge in [-0.25, -0.2) is 9.97 Å². The van der Waals surface area contributed by atoms with Crippen LogP contribution in [0.4, 0.5) is 0 Å². The van der Waals surface area contributed by atoms with Gasteiger partial charge in [-0.15, -0.1) is 0 Å². The van der Waals surface area contributed by atoms with Gasteiger partial charge in [0.05, 0.1) is 17.1 Å². The molecule has 1 aliphatic heterocycles. The van der Waals surface area contributed by atoms with Crippen LogP contribution in [0.15, 0.2) is 48.8 Å². The molecule has 0 spiro atoms. The molecule has 132 valence electrons.